The zero-order valence-corrected chi connectivity index (χ0v) is 39.8. The number of nitrogens with zero attached hydrogens (tertiary/aromatic N) is 2. The topological polar surface area (TPSA) is 77.8 Å². The van der Waals surface area contributed by atoms with Gasteiger partial charge in [-0.2, -0.15) is 0 Å². The summed E-state index contributed by atoms with van der Waals surface area (Å²) in [6.07, 6.45) is 40.1. The minimum Gasteiger partial charge on any atom is -0.392 e. The van der Waals surface area contributed by atoms with E-state index in [2.05, 4.69) is 32.7 Å². The molecule has 5 atom stereocenters. The second-order valence-corrected chi connectivity index (χ2v) is 19.3. The van der Waals surface area contributed by atoms with Gasteiger partial charge in [0.05, 0.1) is 32.2 Å². The average molecular weight is 808 g/mol. The second kappa shape index (κ2) is 39.3. The molecule has 0 aliphatic rings. The average Bonchev–Trinajstić information content (AvgIpc) is 3.16. The highest BCUT2D eigenvalue weighted by Gasteiger charge is 2.30. The molecule has 0 radical (unpaired) electrons. The van der Waals surface area contributed by atoms with Gasteiger partial charge in [-0.25, -0.2) is 0 Å². The molecule has 0 aromatic rings. The fourth-order valence-electron chi connectivity index (χ4n) is 8.99. The highest BCUT2D eigenvalue weighted by Crippen LogP contribution is 2.19. The van der Waals surface area contributed by atoms with Crippen LogP contribution in [0.5, 0.6) is 0 Å². The number of quaternary nitrogens is 1. The third-order valence-electron chi connectivity index (χ3n) is 12.6. The molecule has 6 heteroatoms. The molecule has 0 rings (SSSR count). The molecule has 0 saturated heterocycles. The van der Waals surface area contributed by atoms with Gasteiger partial charge in [0.1, 0.15) is 24.2 Å². The van der Waals surface area contributed by atoms with Crippen LogP contribution in [0, 0.1) is 11.8 Å². The number of hydrogen-bond donors (Lipinski definition) is 2. The fraction of sp³-hybridized carbons (Fsp3) is 0.961. The number of aliphatic hydroxyl groups excluding tert-OH is 2. The van der Waals surface area contributed by atoms with Gasteiger partial charge in [0.25, 0.3) is 0 Å². The molecule has 0 aliphatic carbocycles. The van der Waals surface area contributed by atoms with Gasteiger partial charge < -0.3 is 14.7 Å². The molecule has 0 bridgehead atoms. The molecular weight excluding hydrogens is 705 g/mol. The van der Waals surface area contributed by atoms with Gasteiger partial charge >= 0.3 is 0 Å². The number of likely N-dealkylation sites (N-methyl/N-ethyl adjacent to an activating group) is 1. The Kier molecular flexibility index (Phi) is 38.8. The third kappa shape index (κ3) is 36.7. The molecule has 0 aliphatic heterocycles. The van der Waals surface area contributed by atoms with Crippen LogP contribution >= 0.6 is 0 Å². The maximum atomic E-state index is 13.2. The van der Waals surface area contributed by atoms with Gasteiger partial charge in [-0.3, -0.25) is 14.5 Å². The second-order valence-electron chi connectivity index (χ2n) is 19.3. The molecule has 0 amide bonds. The molecule has 57 heavy (non-hydrogen) atoms. The van der Waals surface area contributed by atoms with Gasteiger partial charge in [0.2, 0.25) is 0 Å². The van der Waals surface area contributed by atoms with Crippen molar-refractivity contribution in [2.45, 2.75) is 259 Å². The van der Waals surface area contributed by atoms with Crippen molar-refractivity contribution < 1.29 is 24.3 Å². The SMILES string of the molecule is CCCCCCCCCCCCCCCCCC(=O)C(C)CN(CC[N+](C)(CC(C)O)CC(C)C(=O)CCCCCCCCCCCCCCCCC)CC(C)O. The number of hydrogen-bond acceptors (Lipinski definition) is 5. The molecule has 5 unspecified atom stereocenters. The van der Waals surface area contributed by atoms with Crippen LogP contribution in [0.15, 0.2) is 0 Å². The Morgan fingerprint density at radius 1 is 0.439 bits per heavy atom. The smallest absolute Gasteiger partial charge is 0.141 e. The maximum Gasteiger partial charge on any atom is 0.141 e. The number of carbonyl (C=O) groups excluding carboxylic acids is 2. The number of carbonyl (C=O) groups is 2. The molecular formula is C51H103N2O4+. The first-order valence-corrected chi connectivity index (χ1v) is 25.4. The highest BCUT2D eigenvalue weighted by molar-refractivity contribution is 5.81. The molecule has 0 saturated carbocycles. The van der Waals surface area contributed by atoms with E-state index < -0.39 is 12.2 Å². The summed E-state index contributed by atoms with van der Waals surface area (Å²) < 4.78 is 0.612. The molecule has 0 fully saturated rings. The maximum absolute atomic E-state index is 13.2. The summed E-state index contributed by atoms with van der Waals surface area (Å²) in [6, 6.07) is 0. The van der Waals surface area contributed by atoms with Crippen LogP contribution in [0.3, 0.4) is 0 Å². The fourth-order valence-corrected chi connectivity index (χ4v) is 8.99. The monoisotopic (exact) mass is 808 g/mol. The standard InChI is InChI=1S/C51H103N2O4/c1-8-10-12-14-16-18-20-22-24-26-28-30-32-34-36-38-50(56)46(3)42-52(43-48(5)54)40-41-53(7,45-49(6)55)44-47(4)51(57)39-37-35-33-31-29-27-25-23-21-19-17-15-13-11-9-2/h46-49,54-55H,8-45H2,1-7H3/q+1. The first-order valence-electron chi connectivity index (χ1n) is 25.4. The minimum atomic E-state index is -0.478. The summed E-state index contributed by atoms with van der Waals surface area (Å²) in [5, 5.41) is 20.8. The van der Waals surface area contributed by atoms with E-state index in [0.717, 1.165) is 38.8 Å². The largest absolute Gasteiger partial charge is 0.392 e. The lowest BCUT2D eigenvalue weighted by Crippen LogP contribution is -2.55. The first kappa shape index (κ1) is 56.2. The van der Waals surface area contributed by atoms with E-state index in [1.807, 2.05) is 20.8 Å². The summed E-state index contributed by atoms with van der Waals surface area (Å²) in [5.74, 6) is 0.556. The van der Waals surface area contributed by atoms with Gasteiger partial charge in [-0.05, 0) is 26.7 Å². The van der Waals surface area contributed by atoms with Crippen molar-refractivity contribution in [3.8, 4) is 0 Å². The Bertz CT molecular complexity index is 894. The van der Waals surface area contributed by atoms with Crippen molar-refractivity contribution in [1.29, 1.82) is 0 Å². The molecule has 2 N–H and O–H groups in total. The van der Waals surface area contributed by atoms with E-state index in [9.17, 15) is 19.8 Å². The van der Waals surface area contributed by atoms with Crippen LogP contribution in [0.25, 0.3) is 0 Å². The van der Waals surface area contributed by atoms with Crippen molar-refractivity contribution in [3.63, 3.8) is 0 Å². The number of unbranched alkanes of at least 4 members (excludes halogenated alkanes) is 28. The van der Waals surface area contributed by atoms with Crippen LogP contribution < -0.4 is 0 Å². The lowest BCUT2D eigenvalue weighted by molar-refractivity contribution is -0.913. The van der Waals surface area contributed by atoms with Gasteiger partial charge in [0, 0.05) is 38.4 Å². The van der Waals surface area contributed by atoms with Crippen LogP contribution in [0.1, 0.15) is 247 Å². The number of aliphatic hydroxyl groups is 2. The predicted molar refractivity (Wildman–Crippen MR) is 248 cm³/mol. The van der Waals surface area contributed by atoms with E-state index in [-0.39, 0.29) is 11.8 Å². The van der Waals surface area contributed by atoms with Gasteiger partial charge in [0.15, 0.2) is 0 Å². The first-order chi connectivity index (χ1) is 27.4. The lowest BCUT2D eigenvalue weighted by Gasteiger charge is -2.39. The molecule has 6 nitrogen and oxygen atoms in total. The molecule has 0 aromatic heterocycles. The summed E-state index contributed by atoms with van der Waals surface area (Å²) in [4.78, 5) is 28.6. The summed E-state index contributed by atoms with van der Waals surface area (Å²) in [5.41, 5.74) is 0. The van der Waals surface area contributed by atoms with Gasteiger partial charge in [-0.15, -0.1) is 0 Å². The summed E-state index contributed by atoms with van der Waals surface area (Å²) in [6.45, 7) is 16.3. The van der Waals surface area contributed by atoms with E-state index >= 15 is 0 Å². The lowest BCUT2D eigenvalue weighted by atomic mass is 9.98. The minimum absolute atomic E-state index is 0.0546. The van der Waals surface area contributed by atoms with Crippen LogP contribution in [0.4, 0.5) is 0 Å². The molecule has 340 valence electrons. The predicted octanol–water partition coefficient (Wildman–Crippen LogP) is 13.4. The van der Waals surface area contributed by atoms with Crippen molar-refractivity contribution in [3.05, 3.63) is 0 Å². The van der Waals surface area contributed by atoms with E-state index in [0.29, 0.717) is 55.1 Å². The summed E-state index contributed by atoms with van der Waals surface area (Å²) >= 11 is 0. The normalized spacial score (nSPS) is 15.1. The Hall–Kier alpha value is -0.820. The van der Waals surface area contributed by atoms with E-state index in [1.165, 1.54) is 167 Å². The number of rotatable bonds is 45. The van der Waals surface area contributed by atoms with Crippen molar-refractivity contribution in [2.75, 3.05) is 46.3 Å². The van der Waals surface area contributed by atoms with E-state index in [1.54, 1.807) is 0 Å². The number of ketones is 2. The molecule has 0 spiro atoms. The van der Waals surface area contributed by atoms with E-state index in [4.69, 9.17) is 0 Å². The third-order valence-corrected chi connectivity index (χ3v) is 12.6. The Morgan fingerprint density at radius 3 is 1.07 bits per heavy atom. The Labute approximate surface area is 357 Å². The van der Waals surface area contributed by atoms with Crippen LogP contribution in [-0.2, 0) is 9.59 Å². The Balaban J connectivity index is 4.41. The van der Waals surface area contributed by atoms with Gasteiger partial charge in [-0.1, -0.05) is 207 Å². The summed E-state index contributed by atoms with van der Waals surface area (Å²) in [7, 11) is 2.16. The quantitative estimate of drug-likeness (QED) is 0.0473. The van der Waals surface area contributed by atoms with Crippen LogP contribution in [-0.4, -0.2) is 89.7 Å². The zero-order chi connectivity index (χ0) is 42.4. The molecule has 0 aromatic carbocycles. The van der Waals surface area contributed by atoms with Crippen molar-refractivity contribution >= 4 is 11.6 Å². The Morgan fingerprint density at radius 2 is 0.754 bits per heavy atom. The number of Topliss-reactive ketones (excluding diaryl/α,β-unsaturated/α-hetero) is 2. The van der Waals surface area contributed by atoms with Crippen LogP contribution in [0.2, 0.25) is 0 Å². The highest BCUT2D eigenvalue weighted by atomic mass is 16.3. The molecule has 0 heterocycles. The van der Waals surface area contributed by atoms with Crippen molar-refractivity contribution in [1.82, 2.24) is 4.90 Å². The van der Waals surface area contributed by atoms with Crippen molar-refractivity contribution in [2.24, 2.45) is 11.8 Å². The zero-order valence-electron chi connectivity index (χ0n) is 39.8.